The molecule has 7 heteroatoms. The van der Waals surface area contributed by atoms with Gasteiger partial charge in [-0.1, -0.05) is 12.8 Å². The SMILES string of the molecule is Nc1ccc(F)cc1S(=O)(=O)NCCCCCCO. The highest BCUT2D eigenvalue weighted by Crippen LogP contribution is 2.18. The molecule has 108 valence electrons. The minimum atomic E-state index is -3.77. The Morgan fingerprint density at radius 1 is 1.21 bits per heavy atom. The van der Waals surface area contributed by atoms with Gasteiger partial charge in [0.05, 0.1) is 5.69 Å². The van der Waals surface area contributed by atoms with Gasteiger partial charge < -0.3 is 10.8 Å². The Morgan fingerprint density at radius 3 is 2.58 bits per heavy atom. The summed E-state index contributed by atoms with van der Waals surface area (Å²) in [6, 6.07) is 3.25. The average molecular weight is 290 g/mol. The van der Waals surface area contributed by atoms with Crippen molar-refractivity contribution in [3.63, 3.8) is 0 Å². The molecule has 0 aliphatic heterocycles. The molecule has 0 bridgehead atoms. The van der Waals surface area contributed by atoms with Gasteiger partial charge in [0.1, 0.15) is 10.7 Å². The van der Waals surface area contributed by atoms with Crippen LogP contribution in [0.15, 0.2) is 23.1 Å². The summed E-state index contributed by atoms with van der Waals surface area (Å²) in [5, 5.41) is 8.60. The largest absolute Gasteiger partial charge is 0.398 e. The Hall–Kier alpha value is -1.18. The quantitative estimate of drug-likeness (QED) is 0.496. The second-order valence-corrected chi connectivity index (χ2v) is 5.95. The second-order valence-electron chi connectivity index (χ2n) is 4.22. The number of sulfonamides is 1. The minimum Gasteiger partial charge on any atom is -0.398 e. The molecule has 1 aromatic rings. The zero-order chi connectivity index (χ0) is 14.3. The molecule has 0 radical (unpaired) electrons. The van der Waals surface area contributed by atoms with E-state index in [9.17, 15) is 12.8 Å². The number of unbranched alkanes of at least 4 members (excludes halogenated alkanes) is 3. The summed E-state index contributed by atoms with van der Waals surface area (Å²) in [7, 11) is -3.77. The first-order valence-corrected chi connectivity index (χ1v) is 7.61. The van der Waals surface area contributed by atoms with Crippen molar-refractivity contribution in [3.8, 4) is 0 Å². The monoisotopic (exact) mass is 290 g/mol. The van der Waals surface area contributed by atoms with Gasteiger partial charge in [-0.05, 0) is 31.0 Å². The van der Waals surface area contributed by atoms with Crippen molar-refractivity contribution in [1.29, 1.82) is 0 Å². The highest BCUT2D eigenvalue weighted by Gasteiger charge is 2.17. The number of hydrogen-bond acceptors (Lipinski definition) is 4. The molecule has 0 aromatic heterocycles. The van der Waals surface area contributed by atoms with Gasteiger partial charge in [0.15, 0.2) is 0 Å². The number of anilines is 1. The second kappa shape index (κ2) is 7.42. The Labute approximate surface area is 112 Å². The van der Waals surface area contributed by atoms with Crippen LogP contribution >= 0.6 is 0 Å². The molecule has 0 fully saturated rings. The van der Waals surface area contributed by atoms with Crippen LogP contribution in [0.5, 0.6) is 0 Å². The highest BCUT2D eigenvalue weighted by molar-refractivity contribution is 7.89. The standard InChI is InChI=1S/C12H19FN2O3S/c13-10-5-6-11(14)12(9-10)19(17,18)15-7-3-1-2-4-8-16/h5-6,9,15-16H,1-4,7-8,14H2. The van der Waals surface area contributed by atoms with E-state index in [-0.39, 0.29) is 23.7 Å². The van der Waals surface area contributed by atoms with Crippen molar-refractivity contribution >= 4 is 15.7 Å². The van der Waals surface area contributed by atoms with Gasteiger partial charge in [0.25, 0.3) is 0 Å². The smallest absolute Gasteiger partial charge is 0.242 e. The first-order valence-electron chi connectivity index (χ1n) is 6.13. The number of halogens is 1. The lowest BCUT2D eigenvalue weighted by atomic mass is 10.2. The van der Waals surface area contributed by atoms with E-state index in [1.165, 1.54) is 6.07 Å². The van der Waals surface area contributed by atoms with Crippen LogP contribution in [0.4, 0.5) is 10.1 Å². The molecule has 1 aromatic carbocycles. The van der Waals surface area contributed by atoms with E-state index in [2.05, 4.69) is 4.72 Å². The molecule has 0 amide bonds. The number of aliphatic hydroxyl groups is 1. The first kappa shape index (κ1) is 15.9. The summed E-state index contributed by atoms with van der Waals surface area (Å²) >= 11 is 0. The van der Waals surface area contributed by atoms with Crippen LogP contribution in [0.1, 0.15) is 25.7 Å². The molecular formula is C12H19FN2O3S. The Bertz CT molecular complexity index is 506. The third-order valence-corrected chi connectivity index (χ3v) is 4.16. The van der Waals surface area contributed by atoms with Gasteiger partial charge in [-0.2, -0.15) is 0 Å². The molecule has 0 atom stereocenters. The van der Waals surface area contributed by atoms with Gasteiger partial charge in [-0.3, -0.25) is 0 Å². The molecule has 0 aliphatic carbocycles. The van der Waals surface area contributed by atoms with Crippen molar-refractivity contribution in [1.82, 2.24) is 4.72 Å². The van der Waals surface area contributed by atoms with Crippen LogP contribution in [0.2, 0.25) is 0 Å². The van der Waals surface area contributed by atoms with Gasteiger partial charge in [-0.25, -0.2) is 17.5 Å². The van der Waals surface area contributed by atoms with E-state index in [1.54, 1.807) is 0 Å². The fourth-order valence-corrected chi connectivity index (χ4v) is 2.83. The molecule has 5 nitrogen and oxygen atoms in total. The number of nitrogens with one attached hydrogen (secondary N) is 1. The van der Waals surface area contributed by atoms with E-state index in [4.69, 9.17) is 10.8 Å². The van der Waals surface area contributed by atoms with E-state index in [1.807, 2.05) is 0 Å². The summed E-state index contributed by atoms with van der Waals surface area (Å²) in [6.07, 6.45) is 3.04. The predicted octanol–water partition coefficient (Wildman–Crippen LogP) is 1.24. The van der Waals surface area contributed by atoms with E-state index < -0.39 is 15.8 Å². The number of nitrogens with two attached hydrogens (primary N) is 1. The highest BCUT2D eigenvalue weighted by atomic mass is 32.2. The van der Waals surface area contributed by atoms with Crippen molar-refractivity contribution in [3.05, 3.63) is 24.0 Å². The predicted molar refractivity (Wildman–Crippen MR) is 71.6 cm³/mol. The third kappa shape index (κ3) is 5.14. The molecule has 0 unspecified atom stereocenters. The van der Waals surface area contributed by atoms with E-state index in [0.717, 1.165) is 25.0 Å². The zero-order valence-electron chi connectivity index (χ0n) is 10.6. The molecule has 0 saturated heterocycles. The van der Waals surface area contributed by atoms with E-state index >= 15 is 0 Å². The number of rotatable bonds is 8. The molecule has 0 heterocycles. The third-order valence-electron chi connectivity index (χ3n) is 2.64. The topological polar surface area (TPSA) is 92.4 Å². The van der Waals surface area contributed by atoms with Crippen LogP contribution in [0.25, 0.3) is 0 Å². The lowest BCUT2D eigenvalue weighted by Gasteiger charge is -2.09. The van der Waals surface area contributed by atoms with Crippen LogP contribution in [-0.2, 0) is 10.0 Å². The average Bonchev–Trinajstić information content (AvgIpc) is 2.36. The van der Waals surface area contributed by atoms with Crippen molar-refractivity contribution in [2.75, 3.05) is 18.9 Å². The molecule has 0 saturated carbocycles. The Kier molecular flexibility index (Phi) is 6.20. The number of aliphatic hydroxyl groups excluding tert-OH is 1. The van der Waals surface area contributed by atoms with Crippen LogP contribution in [-0.4, -0.2) is 26.7 Å². The molecule has 0 aliphatic rings. The number of hydrogen-bond donors (Lipinski definition) is 3. The maximum absolute atomic E-state index is 13.0. The Balaban J connectivity index is 2.54. The summed E-state index contributed by atoms with van der Waals surface area (Å²) in [6.45, 7) is 0.412. The lowest BCUT2D eigenvalue weighted by Crippen LogP contribution is -2.25. The van der Waals surface area contributed by atoms with Gasteiger partial charge in [0.2, 0.25) is 10.0 Å². The van der Waals surface area contributed by atoms with Crippen molar-refractivity contribution in [2.45, 2.75) is 30.6 Å². The number of nitrogen functional groups attached to an aromatic ring is 1. The Morgan fingerprint density at radius 2 is 1.89 bits per heavy atom. The minimum absolute atomic E-state index is 0.0224. The van der Waals surface area contributed by atoms with Crippen LogP contribution < -0.4 is 10.5 Å². The van der Waals surface area contributed by atoms with E-state index in [0.29, 0.717) is 12.8 Å². The fraction of sp³-hybridized carbons (Fsp3) is 0.500. The van der Waals surface area contributed by atoms with Crippen LogP contribution in [0, 0.1) is 5.82 Å². The lowest BCUT2D eigenvalue weighted by molar-refractivity contribution is 0.282. The summed E-state index contributed by atoms with van der Waals surface area (Å²) in [5.74, 6) is -0.641. The summed E-state index contributed by atoms with van der Waals surface area (Å²) < 4.78 is 39.2. The summed E-state index contributed by atoms with van der Waals surface area (Å²) in [4.78, 5) is -0.233. The first-order chi connectivity index (χ1) is 8.97. The maximum atomic E-state index is 13.0. The van der Waals surface area contributed by atoms with Gasteiger partial charge in [0, 0.05) is 13.2 Å². The van der Waals surface area contributed by atoms with Crippen molar-refractivity contribution in [2.24, 2.45) is 0 Å². The van der Waals surface area contributed by atoms with Crippen molar-refractivity contribution < 1.29 is 17.9 Å². The normalized spacial score (nSPS) is 11.7. The molecule has 19 heavy (non-hydrogen) atoms. The maximum Gasteiger partial charge on any atom is 0.242 e. The molecule has 1 rings (SSSR count). The zero-order valence-corrected chi connectivity index (χ0v) is 11.4. The number of benzene rings is 1. The van der Waals surface area contributed by atoms with Gasteiger partial charge in [-0.15, -0.1) is 0 Å². The van der Waals surface area contributed by atoms with Crippen LogP contribution in [0.3, 0.4) is 0 Å². The molecule has 0 spiro atoms. The summed E-state index contributed by atoms with van der Waals surface area (Å²) in [5.41, 5.74) is 5.55. The van der Waals surface area contributed by atoms with Gasteiger partial charge >= 0.3 is 0 Å². The molecule has 4 N–H and O–H groups in total. The fourth-order valence-electron chi connectivity index (χ4n) is 1.62. The molecular weight excluding hydrogens is 271 g/mol.